The van der Waals surface area contributed by atoms with Crippen LogP contribution in [0.25, 0.3) is 0 Å². The number of nitrogens with one attached hydrogen (secondary N) is 2. The lowest BCUT2D eigenvalue weighted by atomic mass is 9.68. The van der Waals surface area contributed by atoms with Crippen molar-refractivity contribution in [3.8, 4) is 11.5 Å². The Morgan fingerprint density at radius 1 is 1.02 bits per heavy atom. The summed E-state index contributed by atoms with van der Waals surface area (Å²) >= 11 is 6.32. The summed E-state index contributed by atoms with van der Waals surface area (Å²) in [4.78, 5) is 58.8. The molecule has 3 fully saturated rings. The van der Waals surface area contributed by atoms with Crippen LogP contribution in [0, 0.1) is 29.6 Å². The van der Waals surface area contributed by atoms with Gasteiger partial charge in [0, 0.05) is 31.8 Å². The monoisotopic (exact) mass is 796 g/mol. The SMILES string of the molecule is COc1ccc(N2C(=O)C3C(C2=O)[C@@H]2C[C@H]3C3Sc4[nH]c(=O)sc4[C@H](c4cc(Br)ccc4OCC(=O)Nc4ccc(S(N)(=O)=O)cc4)C32)cc1. The maximum absolute atomic E-state index is 14.1. The molecule has 2 bridgehead atoms. The van der Waals surface area contributed by atoms with Gasteiger partial charge in [-0.05, 0) is 90.9 Å². The number of aromatic amines is 1. The number of carbonyl (C=O) groups is 3. The minimum Gasteiger partial charge on any atom is -0.497 e. The van der Waals surface area contributed by atoms with E-state index in [0.29, 0.717) is 22.9 Å². The third kappa shape index (κ3) is 5.48. The van der Waals surface area contributed by atoms with Crippen LogP contribution in [0.3, 0.4) is 0 Å². The molecule has 50 heavy (non-hydrogen) atoms. The van der Waals surface area contributed by atoms with E-state index >= 15 is 0 Å². The van der Waals surface area contributed by atoms with Gasteiger partial charge in [-0.15, -0.1) is 11.8 Å². The van der Waals surface area contributed by atoms with Crippen molar-refractivity contribution >= 4 is 78.1 Å². The lowest BCUT2D eigenvalue weighted by Gasteiger charge is -2.43. The van der Waals surface area contributed by atoms with Gasteiger partial charge in [0.05, 0.1) is 34.6 Å². The minimum absolute atomic E-state index is 0.0352. The summed E-state index contributed by atoms with van der Waals surface area (Å²) in [6.45, 7) is -0.349. The number of nitrogens with zero attached hydrogens (tertiary/aromatic N) is 1. The molecule has 7 atom stereocenters. The number of sulfonamides is 1. The van der Waals surface area contributed by atoms with Crippen LogP contribution in [-0.2, 0) is 24.4 Å². The number of imide groups is 1. The minimum atomic E-state index is -3.88. The van der Waals surface area contributed by atoms with E-state index in [1.807, 2.05) is 6.07 Å². The maximum Gasteiger partial charge on any atom is 0.305 e. The van der Waals surface area contributed by atoms with Crippen molar-refractivity contribution in [2.45, 2.75) is 27.5 Å². The van der Waals surface area contributed by atoms with Crippen molar-refractivity contribution in [1.29, 1.82) is 0 Å². The number of benzene rings is 3. The van der Waals surface area contributed by atoms with Crippen LogP contribution >= 0.6 is 39.0 Å². The molecule has 4 unspecified atom stereocenters. The Balaban J connectivity index is 1.10. The average Bonchev–Trinajstić information content (AvgIpc) is 3.82. The Hall–Kier alpha value is -3.96. The van der Waals surface area contributed by atoms with Crippen LogP contribution in [0.4, 0.5) is 11.4 Å². The van der Waals surface area contributed by atoms with E-state index in [4.69, 9.17) is 14.6 Å². The second-order valence-electron chi connectivity index (χ2n) is 12.8. The van der Waals surface area contributed by atoms with Crippen LogP contribution in [0.5, 0.6) is 11.5 Å². The first-order chi connectivity index (χ1) is 23.9. The zero-order valence-electron chi connectivity index (χ0n) is 26.2. The Kier molecular flexibility index (Phi) is 8.21. The van der Waals surface area contributed by atoms with Gasteiger partial charge in [-0.2, -0.15) is 0 Å². The number of hydrogen-bond acceptors (Lipinski definition) is 10. The molecule has 1 aromatic heterocycles. The summed E-state index contributed by atoms with van der Waals surface area (Å²) in [5, 5.41) is 8.59. The highest BCUT2D eigenvalue weighted by atomic mass is 79.9. The molecule has 4 aliphatic rings. The number of nitrogens with two attached hydrogens (primary N) is 1. The summed E-state index contributed by atoms with van der Waals surface area (Å²) in [6, 6.07) is 17.9. The fourth-order valence-electron chi connectivity index (χ4n) is 8.31. The number of methoxy groups -OCH3 is 1. The normalized spacial score (nSPS) is 26.4. The number of fused-ring (bicyclic) bond motifs is 9. The third-order valence-electron chi connectivity index (χ3n) is 10.2. The Morgan fingerprint density at radius 2 is 1.72 bits per heavy atom. The molecule has 3 aromatic carbocycles. The second kappa shape index (κ2) is 12.4. The van der Waals surface area contributed by atoms with E-state index in [1.54, 1.807) is 55.3 Å². The predicted octanol–water partition coefficient (Wildman–Crippen LogP) is 4.55. The van der Waals surface area contributed by atoms with E-state index in [-0.39, 0.29) is 57.1 Å². The Morgan fingerprint density at radius 3 is 2.40 bits per heavy atom. The van der Waals surface area contributed by atoms with Gasteiger partial charge >= 0.3 is 4.87 Å². The molecule has 4 N–H and O–H groups in total. The molecule has 3 amide bonds. The molecular formula is C34H29BrN4O8S3. The summed E-state index contributed by atoms with van der Waals surface area (Å²) in [5.74, 6) is -1.32. The number of thiazole rings is 1. The first-order valence-corrected chi connectivity index (χ1v) is 19.7. The Labute approximate surface area is 302 Å². The lowest BCUT2D eigenvalue weighted by molar-refractivity contribution is -0.123. The molecule has 1 saturated heterocycles. The fraction of sp³-hybridized carbons (Fsp3) is 0.294. The molecule has 2 saturated carbocycles. The number of ether oxygens (including phenoxy) is 2. The average molecular weight is 798 g/mol. The molecule has 3 heterocycles. The van der Waals surface area contributed by atoms with Gasteiger partial charge in [-0.25, -0.2) is 13.6 Å². The van der Waals surface area contributed by atoms with E-state index in [0.717, 1.165) is 37.7 Å². The number of rotatable bonds is 8. The predicted molar refractivity (Wildman–Crippen MR) is 190 cm³/mol. The first kappa shape index (κ1) is 33.2. The highest BCUT2D eigenvalue weighted by molar-refractivity contribution is 9.10. The van der Waals surface area contributed by atoms with Crippen LogP contribution in [-0.4, -0.2) is 50.1 Å². The van der Waals surface area contributed by atoms with Crippen LogP contribution < -0.4 is 29.7 Å². The molecule has 258 valence electrons. The third-order valence-corrected chi connectivity index (χ3v) is 14.2. The summed E-state index contributed by atoms with van der Waals surface area (Å²) in [6.07, 6.45) is 0.720. The standard InChI is InChI=1S/C34H29BrN4O8S3/c1-46-18-7-5-17(6-8-18)39-32(41)27-21-13-22(28(27)33(39)42)29-26(21)25(30-31(48-29)38-34(43)49-30)20-12-15(35)2-11-23(20)47-14-24(40)37-16-3-9-19(10-4-16)50(36,44)45/h2-12,21-22,25-29H,13-14H2,1H3,(H,37,40)(H,38,43)(H2,36,44,45)/t21-,22-,25-,26?,27?,28?,29?/m1/s1. The number of thioether (sulfide) groups is 1. The fourth-order valence-corrected chi connectivity index (χ4v) is 12.1. The number of halogens is 1. The van der Waals surface area contributed by atoms with Gasteiger partial charge in [-0.3, -0.25) is 24.1 Å². The van der Waals surface area contributed by atoms with Crippen LogP contribution in [0.1, 0.15) is 22.8 Å². The van der Waals surface area contributed by atoms with Crippen molar-refractivity contribution in [3.63, 3.8) is 0 Å². The van der Waals surface area contributed by atoms with Crippen molar-refractivity contribution in [2.75, 3.05) is 23.9 Å². The summed E-state index contributed by atoms with van der Waals surface area (Å²) in [5.41, 5.74) is 1.66. The van der Waals surface area contributed by atoms with Crippen molar-refractivity contribution in [3.05, 3.63) is 91.3 Å². The van der Waals surface area contributed by atoms with Gasteiger partial charge in [0.1, 0.15) is 11.5 Å². The molecule has 12 nitrogen and oxygen atoms in total. The van der Waals surface area contributed by atoms with Gasteiger partial charge in [-0.1, -0.05) is 27.3 Å². The highest BCUT2D eigenvalue weighted by Crippen LogP contribution is 2.69. The zero-order chi connectivity index (χ0) is 35.1. The van der Waals surface area contributed by atoms with Gasteiger partial charge in [0.25, 0.3) is 5.91 Å². The highest BCUT2D eigenvalue weighted by Gasteiger charge is 2.70. The molecule has 8 rings (SSSR count). The molecular weight excluding hydrogens is 768 g/mol. The van der Waals surface area contributed by atoms with E-state index in [1.165, 1.54) is 29.2 Å². The molecule has 4 aromatic rings. The molecule has 0 radical (unpaired) electrons. The van der Waals surface area contributed by atoms with E-state index in [2.05, 4.69) is 26.2 Å². The molecule has 2 aliphatic carbocycles. The number of aromatic nitrogens is 1. The first-order valence-electron chi connectivity index (χ1n) is 15.7. The van der Waals surface area contributed by atoms with Crippen molar-refractivity contribution in [1.82, 2.24) is 4.98 Å². The number of primary sulfonamides is 1. The second-order valence-corrected chi connectivity index (χ2v) is 17.4. The Bertz CT molecular complexity index is 2220. The number of anilines is 2. The molecule has 0 spiro atoms. The lowest BCUT2D eigenvalue weighted by Crippen LogP contribution is -2.42. The van der Waals surface area contributed by atoms with Crippen molar-refractivity contribution in [2.24, 2.45) is 34.7 Å². The van der Waals surface area contributed by atoms with Gasteiger partial charge in [0.15, 0.2) is 6.61 Å². The number of hydrogen-bond donors (Lipinski definition) is 3. The van der Waals surface area contributed by atoms with E-state index < -0.39 is 27.8 Å². The summed E-state index contributed by atoms with van der Waals surface area (Å²) in [7, 11) is -2.32. The maximum atomic E-state index is 14.1. The zero-order valence-corrected chi connectivity index (χ0v) is 30.2. The largest absolute Gasteiger partial charge is 0.497 e. The van der Waals surface area contributed by atoms with Crippen LogP contribution in [0.15, 0.2) is 85.9 Å². The van der Waals surface area contributed by atoms with Gasteiger partial charge in [0.2, 0.25) is 21.8 Å². The molecule has 2 aliphatic heterocycles. The topological polar surface area (TPSA) is 178 Å². The smallest absolute Gasteiger partial charge is 0.305 e. The van der Waals surface area contributed by atoms with Crippen LogP contribution in [0.2, 0.25) is 0 Å². The summed E-state index contributed by atoms with van der Waals surface area (Å²) < 4.78 is 35.4. The van der Waals surface area contributed by atoms with E-state index in [9.17, 15) is 27.6 Å². The number of carbonyl (C=O) groups excluding carboxylic acids is 3. The number of amides is 3. The van der Waals surface area contributed by atoms with Gasteiger partial charge < -0.3 is 19.8 Å². The van der Waals surface area contributed by atoms with Crippen molar-refractivity contribution < 1.29 is 32.3 Å². The quantitative estimate of drug-likeness (QED) is 0.216. The number of H-pyrrole nitrogens is 1. The molecule has 16 heteroatoms.